The van der Waals surface area contributed by atoms with Crippen LogP contribution in [0.1, 0.15) is 11.5 Å². The molecule has 2 aromatic heterocycles. The number of hydrogen-bond acceptors (Lipinski definition) is 7. The maximum Gasteiger partial charge on any atom is 0.225 e. The fourth-order valence-corrected chi connectivity index (χ4v) is 2.48. The molecule has 1 fully saturated rings. The minimum absolute atomic E-state index is 0.573. The van der Waals surface area contributed by atoms with Gasteiger partial charge in [0.25, 0.3) is 0 Å². The predicted molar refractivity (Wildman–Crippen MR) is 88.6 cm³/mol. The molecule has 1 aliphatic heterocycles. The summed E-state index contributed by atoms with van der Waals surface area (Å²) in [5, 5.41) is 6.55. The summed E-state index contributed by atoms with van der Waals surface area (Å²) in [6.45, 7) is 8.04. The molecular formula is C16H23N5O2. The summed E-state index contributed by atoms with van der Waals surface area (Å²) < 4.78 is 10.7. The Morgan fingerprint density at radius 3 is 2.87 bits per heavy atom. The van der Waals surface area contributed by atoms with Crippen LogP contribution in [0.4, 0.5) is 11.8 Å². The second kappa shape index (κ2) is 7.94. The van der Waals surface area contributed by atoms with Crippen LogP contribution in [0.3, 0.4) is 0 Å². The van der Waals surface area contributed by atoms with Crippen LogP contribution in [0.25, 0.3) is 0 Å². The highest BCUT2D eigenvalue weighted by molar-refractivity contribution is 5.42. The van der Waals surface area contributed by atoms with Gasteiger partial charge >= 0.3 is 0 Å². The lowest BCUT2D eigenvalue weighted by Gasteiger charge is -2.26. The van der Waals surface area contributed by atoms with Crippen LogP contribution in [-0.2, 0) is 11.3 Å². The molecule has 2 aromatic rings. The van der Waals surface area contributed by atoms with Gasteiger partial charge in [-0.1, -0.05) is 0 Å². The number of morpholine rings is 1. The first-order valence-corrected chi connectivity index (χ1v) is 7.95. The van der Waals surface area contributed by atoms with Gasteiger partial charge < -0.3 is 19.8 Å². The molecule has 7 heteroatoms. The van der Waals surface area contributed by atoms with E-state index in [-0.39, 0.29) is 0 Å². The van der Waals surface area contributed by atoms with E-state index in [2.05, 4.69) is 25.5 Å². The van der Waals surface area contributed by atoms with E-state index in [1.807, 2.05) is 25.1 Å². The van der Waals surface area contributed by atoms with E-state index in [4.69, 9.17) is 9.15 Å². The molecule has 1 aliphatic rings. The fourth-order valence-electron chi connectivity index (χ4n) is 2.48. The number of hydrogen-bond donors (Lipinski definition) is 2. The molecule has 0 aliphatic carbocycles. The molecule has 23 heavy (non-hydrogen) atoms. The summed E-state index contributed by atoms with van der Waals surface area (Å²) in [7, 11) is 0. The number of ether oxygens (including phenoxy) is 1. The second-order valence-electron chi connectivity index (χ2n) is 5.53. The molecule has 0 radical (unpaired) electrons. The van der Waals surface area contributed by atoms with Crippen molar-refractivity contribution in [2.75, 3.05) is 50.0 Å². The number of rotatable bonds is 7. The highest BCUT2D eigenvalue weighted by Gasteiger charge is 2.09. The van der Waals surface area contributed by atoms with Crippen molar-refractivity contribution < 1.29 is 9.15 Å². The molecule has 0 atom stereocenters. The van der Waals surface area contributed by atoms with Crippen LogP contribution in [0.2, 0.25) is 0 Å². The van der Waals surface area contributed by atoms with E-state index < -0.39 is 0 Å². The lowest BCUT2D eigenvalue weighted by Crippen LogP contribution is -2.39. The van der Waals surface area contributed by atoms with E-state index in [1.165, 1.54) is 0 Å². The Kier molecular flexibility index (Phi) is 5.44. The van der Waals surface area contributed by atoms with Crippen LogP contribution in [0.5, 0.6) is 0 Å². The first-order chi connectivity index (χ1) is 11.3. The van der Waals surface area contributed by atoms with Gasteiger partial charge in [0, 0.05) is 37.9 Å². The number of anilines is 2. The lowest BCUT2D eigenvalue weighted by atomic mass is 10.4. The Hall–Kier alpha value is -2.12. The van der Waals surface area contributed by atoms with Gasteiger partial charge in [0.1, 0.15) is 11.6 Å². The molecule has 0 saturated carbocycles. The van der Waals surface area contributed by atoms with Crippen molar-refractivity contribution in [1.82, 2.24) is 14.9 Å². The monoisotopic (exact) mass is 317 g/mol. The van der Waals surface area contributed by atoms with E-state index in [1.54, 1.807) is 6.26 Å². The largest absolute Gasteiger partial charge is 0.467 e. The molecule has 0 spiro atoms. The van der Waals surface area contributed by atoms with E-state index in [0.717, 1.165) is 56.7 Å². The quantitative estimate of drug-likeness (QED) is 0.805. The highest BCUT2D eigenvalue weighted by atomic mass is 16.5. The third kappa shape index (κ3) is 4.94. The summed E-state index contributed by atoms with van der Waals surface area (Å²) in [6, 6.07) is 5.74. The smallest absolute Gasteiger partial charge is 0.225 e. The molecule has 0 amide bonds. The molecule has 3 heterocycles. The summed E-state index contributed by atoms with van der Waals surface area (Å²) in [5.74, 6) is 2.31. The van der Waals surface area contributed by atoms with Crippen LogP contribution in [0.15, 0.2) is 28.9 Å². The Balaban J connectivity index is 1.50. The first kappa shape index (κ1) is 15.8. The van der Waals surface area contributed by atoms with Crippen LogP contribution in [-0.4, -0.2) is 54.3 Å². The number of nitrogens with zero attached hydrogens (tertiary/aromatic N) is 3. The van der Waals surface area contributed by atoms with E-state index in [0.29, 0.717) is 12.5 Å². The summed E-state index contributed by atoms with van der Waals surface area (Å²) in [6.07, 6.45) is 1.66. The third-order valence-corrected chi connectivity index (χ3v) is 3.69. The number of nitrogens with one attached hydrogen (secondary N) is 2. The minimum Gasteiger partial charge on any atom is -0.467 e. The Morgan fingerprint density at radius 2 is 2.09 bits per heavy atom. The first-order valence-electron chi connectivity index (χ1n) is 7.95. The normalized spacial score (nSPS) is 15.5. The Bertz CT molecular complexity index is 597. The summed E-state index contributed by atoms with van der Waals surface area (Å²) >= 11 is 0. The molecule has 0 aromatic carbocycles. The molecule has 2 N–H and O–H groups in total. The molecule has 0 bridgehead atoms. The Morgan fingerprint density at radius 1 is 1.22 bits per heavy atom. The average molecular weight is 317 g/mol. The molecule has 7 nitrogen and oxygen atoms in total. The van der Waals surface area contributed by atoms with Gasteiger partial charge in [-0.05, 0) is 19.1 Å². The second-order valence-corrected chi connectivity index (χ2v) is 5.53. The molecular weight excluding hydrogens is 294 g/mol. The SMILES string of the molecule is Cc1cc(NCCN2CCOCC2)nc(NCc2ccco2)n1. The lowest BCUT2D eigenvalue weighted by molar-refractivity contribution is 0.0398. The molecule has 124 valence electrons. The van der Waals surface area contributed by atoms with Crippen molar-refractivity contribution >= 4 is 11.8 Å². The maximum atomic E-state index is 5.35. The zero-order valence-electron chi connectivity index (χ0n) is 13.4. The zero-order chi connectivity index (χ0) is 15.9. The van der Waals surface area contributed by atoms with Gasteiger partial charge in [-0.15, -0.1) is 0 Å². The number of aryl methyl sites for hydroxylation is 1. The Labute approximate surface area is 136 Å². The van der Waals surface area contributed by atoms with E-state index in [9.17, 15) is 0 Å². The zero-order valence-corrected chi connectivity index (χ0v) is 13.4. The van der Waals surface area contributed by atoms with Gasteiger partial charge in [-0.2, -0.15) is 4.98 Å². The molecule has 1 saturated heterocycles. The van der Waals surface area contributed by atoms with Crippen molar-refractivity contribution in [1.29, 1.82) is 0 Å². The molecule has 0 unspecified atom stereocenters. The predicted octanol–water partition coefficient (Wildman–Crippen LogP) is 1.73. The van der Waals surface area contributed by atoms with Gasteiger partial charge in [-0.25, -0.2) is 4.98 Å². The number of aromatic nitrogens is 2. The highest BCUT2D eigenvalue weighted by Crippen LogP contribution is 2.11. The topological polar surface area (TPSA) is 75.5 Å². The van der Waals surface area contributed by atoms with Gasteiger partial charge in [0.2, 0.25) is 5.95 Å². The third-order valence-electron chi connectivity index (χ3n) is 3.69. The summed E-state index contributed by atoms with van der Waals surface area (Å²) in [4.78, 5) is 11.3. The van der Waals surface area contributed by atoms with Crippen LogP contribution < -0.4 is 10.6 Å². The minimum atomic E-state index is 0.573. The number of furan rings is 1. The van der Waals surface area contributed by atoms with Gasteiger partial charge in [0.05, 0.1) is 26.0 Å². The van der Waals surface area contributed by atoms with Crippen LogP contribution in [0, 0.1) is 6.92 Å². The van der Waals surface area contributed by atoms with Gasteiger partial charge in [0.15, 0.2) is 0 Å². The van der Waals surface area contributed by atoms with Gasteiger partial charge in [-0.3, -0.25) is 4.90 Å². The maximum absolute atomic E-state index is 5.35. The van der Waals surface area contributed by atoms with Crippen molar-refractivity contribution in [2.45, 2.75) is 13.5 Å². The van der Waals surface area contributed by atoms with Crippen molar-refractivity contribution in [2.24, 2.45) is 0 Å². The molecule has 3 rings (SSSR count). The average Bonchev–Trinajstić information content (AvgIpc) is 3.07. The van der Waals surface area contributed by atoms with Crippen molar-refractivity contribution in [3.05, 3.63) is 35.9 Å². The standard InChI is InChI=1S/C16H23N5O2/c1-13-11-15(17-4-5-21-6-9-22-10-7-21)20-16(19-13)18-12-14-3-2-8-23-14/h2-3,8,11H,4-7,9-10,12H2,1H3,(H2,17,18,19,20). The van der Waals surface area contributed by atoms with E-state index >= 15 is 0 Å². The fraction of sp³-hybridized carbons (Fsp3) is 0.500. The van der Waals surface area contributed by atoms with Crippen molar-refractivity contribution in [3.8, 4) is 0 Å². The van der Waals surface area contributed by atoms with Crippen LogP contribution >= 0.6 is 0 Å². The van der Waals surface area contributed by atoms with Crippen molar-refractivity contribution in [3.63, 3.8) is 0 Å². The summed E-state index contributed by atoms with van der Waals surface area (Å²) in [5.41, 5.74) is 0.927.